The Labute approximate surface area is 231 Å². The molecule has 3 aromatic carbocycles. The van der Waals surface area contributed by atoms with Gasteiger partial charge < -0.3 is 9.84 Å². The molecule has 0 atom stereocenters. The largest absolute Gasteiger partial charge is 0.494 e. The molecule has 0 unspecified atom stereocenters. The average Bonchev–Trinajstić information content (AvgIpc) is 2.93. The summed E-state index contributed by atoms with van der Waals surface area (Å²) < 4.78 is 5.42. The number of benzene rings is 3. The first-order valence-corrected chi connectivity index (χ1v) is 12.7. The number of aliphatic hydroxyl groups is 1. The van der Waals surface area contributed by atoms with Gasteiger partial charge in [0, 0.05) is 17.7 Å². The van der Waals surface area contributed by atoms with Crippen LogP contribution in [-0.2, 0) is 13.0 Å². The third-order valence-corrected chi connectivity index (χ3v) is 6.58. The SMILES string of the molecule is COc1cc(/N=N/c2ccc([N+](=O)[O-])cc2[N+](=O)[O-])c(CO)cc1/N=N/c1ccc(CC(C(C)C)C(C)C)cc1. The van der Waals surface area contributed by atoms with Crippen LogP contribution in [-0.4, -0.2) is 22.1 Å². The Morgan fingerprint density at radius 3 is 1.98 bits per heavy atom. The van der Waals surface area contributed by atoms with Crippen molar-refractivity contribution in [3.05, 3.63) is 86.0 Å². The molecule has 40 heavy (non-hydrogen) atoms. The number of hydrogen-bond acceptors (Lipinski definition) is 10. The van der Waals surface area contributed by atoms with E-state index in [1.807, 2.05) is 24.3 Å². The summed E-state index contributed by atoms with van der Waals surface area (Å²) >= 11 is 0. The molecule has 0 aliphatic carbocycles. The molecule has 0 spiro atoms. The molecule has 210 valence electrons. The lowest BCUT2D eigenvalue weighted by molar-refractivity contribution is -0.393. The summed E-state index contributed by atoms with van der Waals surface area (Å²) in [7, 11) is 1.43. The highest BCUT2D eigenvalue weighted by Gasteiger charge is 2.20. The van der Waals surface area contributed by atoms with Crippen LogP contribution in [0, 0.1) is 38.0 Å². The molecule has 0 bridgehead atoms. The number of methoxy groups -OCH3 is 1. The smallest absolute Gasteiger partial charge is 0.303 e. The van der Waals surface area contributed by atoms with Gasteiger partial charge in [-0.2, -0.15) is 5.11 Å². The monoisotopic (exact) mass is 548 g/mol. The predicted molar refractivity (Wildman–Crippen MR) is 150 cm³/mol. The Balaban J connectivity index is 1.86. The minimum atomic E-state index is -0.780. The van der Waals surface area contributed by atoms with Crippen molar-refractivity contribution in [1.29, 1.82) is 0 Å². The molecule has 0 fully saturated rings. The fourth-order valence-corrected chi connectivity index (χ4v) is 4.35. The highest BCUT2D eigenvalue weighted by Crippen LogP contribution is 2.38. The molecule has 1 N–H and O–H groups in total. The predicted octanol–water partition coefficient (Wildman–Crippen LogP) is 8.31. The summed E-state index contributed by atoms with van der Waals surface area (Å²) in [6.07, 6.45) is 0.986. The highest BCUT2D eigenvalue weighted by molar-refractivity contribution is 5.65. The number of non-ortho nitro benzene ring substituents is 1. The minimum absolute atomic E-state index is 0.181. The van der Waals surface area contributed by atoms with E-state index in [1.165, 1.54) is 24.8 Å². The van der Waals surface area contributed by atoms with Gasteiger partial charge in [-0.25, -0.2) is 0 Å². The fourth-order valence-electron chi connectivity index (χ4n) is 4.35. The Bertz CT molecular complexity index is 1410. The number of azo groups is 2. The van der Waals surface area contributed by atoms with Crippen molar-refractivity contribution in [2.45, 2.75) is 40.7 Å². The van der Waals surface area contributed by atoms with Gasteiger partial charge in [0.25, 0.3) is 5.69 Å². The zero-order chi connectivity index (χ0) is 29.4. The summed E-state index contributed by atoms with van der Waals surface area (Å²) in [5.41, 5.74) is 1.53. The average molecular weight is 549 g/mol. The zero-order valence-corrected chi connectivity index (χ0v) is 23.0. The maximum atomic E-state index is 11.4. The molecule has 0 aromatic heterocycles. The molecule has 0 radical (unpaired) electrons. The molecule has 0 saturated carbocycles. The summed E-state index contributed by atoms with van der Waals surface area (Å²) in [4.78, 5) is 20.8. The summed E-state index contributed by atoms with van der Waals surface area (Å²) in [6, 6.07) is 13.9. The minimum Gasteiger partial charge on any atom is -0.494 e. The number of nitrogens with zero attached hydrogens (tertiary/aromatic N) is 6. The molecule has 3 rings (SSSR count). The van der Waals surface area contributed by atoms with Crippen molar-refractivity contribution >= 4 is 34.1 Å². The van der Waals surface area contributed by atoms with E-state index >= 15 is 0 Å². The lowest BCUT2D eigenvalue weighted by Gasteiger charge is -2.24. The number of nitro groups is 2. The van der Waals surface area contributed by atoms with Gasteiger partial charge in [0.2, 0.25) is 0 Å². The molecular weight excluding hydrogens is 516 g/mol. The molecule has 12 heteroatoms. The highest BCUT2D eigenvalue weighted by atomic mass is 16.6. The first-order valence-electron chi connectivity index (χ1n) is 12.7. The van der Waals surface area contributed by atoms with Crippen LogP contribution in [0.1, 0.15) is 38.8 Å². The molecular formula is C28H32N6O6. The quantitative estimate of drug-likeness (QED) is 0.136. The van der Waals surface area contributed by atoms with E-state index in [0.717, 1.165) is 24.6 Å². The zero-order valence-electron chi connectivity index (χ0n) is 23.0. The van der Waals surface area contributed by atoms with Gasteiger partial charge in [-0.15, -0.1) is 15.3 Å². The molecule has 0 amide bonds. The molecule has 0 saturated heterocycles. The summed E-state index contributed by atoms with van der Waals surface area (Å²) in [5, 5.41) is 48.8. The fraction of sp³-hybridized carbons (Fsp3) is 0.357. The standard InChI is InChI=1S/C28H32N6O6/c1-17(2)23(18(3)4)12-19-6-8-21(9-7-19)29-32-26-13-20(16-35)25(15-28(26)40-5)31-30-24-11-10-22(33(36)37)14-27(24)34(38)39/h6-11,13-15,17-18,23,35H,12,16H2,1-5H3/b31-30+,32-29+. The van der Waals surface area contributed by atoms with Crippen molar-refractivity contribution in [3.8, 4) is 5.75 Å². The third kappa shape index (κ3) is 7.50. The van der Waals surface area contributed by atoms with E-state index in [-0.39, 0.29) is 11.4 Å². The molecule has 0 aliphatic rings. The van der Waals surface area contributed by atoms with E-state index < -0.39 is 27.8 Å². The van der Waals surface area contributed by atoms with E-state index in [1.54, 1.807) is 0 Å². The van der Waals surface area contributed by atoms with Crippen LogP contribution in [0.5, 0.6) is 5.75 Å². The molecule has 0 aliphatic heterocycles. The second-order valence-electron chi connectivity index (χ2n) is 9.92. The second kappa shape index (κ2) is 13.5. The lowest BCUT2D eigenvalue weighted by Crippen LogP contribution is -2.18. The Morgan fingerprint density at radius 2 is 1.43 bits per heavy atom. The van der Waals surface area contributed by atoms with Crippen molar-refractivity contribution in [3.63, 3.8) is 0 Å². The number of nitro benzene ring substituents is 2. The van der Waals surface area contributed by atoms with Crippen LogP contribution >= 0.6 is 0 Å². The topological polar surface area (TPSA) is 165 Å². The Hall–Kier alpha value is -4.58. The van der Waals surface area contributed by atoms with E-state index in [2.05, 4.69) is 48.2 Å². The van der Waals surface area contributed by atoms with E-state index in [4.69, 9.17) is 4.74 Å². The van der Waals surface area contributed by atoms with Crippen LogP contribution in [0.15, 0.2) is 75.1 Å². The van der Waals surface area contributed by atoms with Crippen LogP contribution < -0.4 is 4.74 Å². The maximum absolute atomic E-state index is 11.4. The number of aliphatic hydroxyl groups excluding tert-OH is 1. The van der Waals surface area contributed by atoms with Gasteiger partial charge in [0.15, 0.2) is 5.69 Å². The third-order valence-electron chi connectivity index (χ3n) is 6.58. The first-order chi connectivity index (χ1) is 19.0. The Morgan fingerprint density at radius 1 is 0.800 bits per heavy atom. The number of hydrogen-bond donors (Lipinski definition) is 1. The van der Waals surface area contributed by atoms with Crippen molar-refractivity contribution in [2.24, 2.45) is 38.2 Å². The van der Waals surface area contributed by atoms with E-state index in [9.17, 15) is 25.3 Å². The van der Waals surface area contributed by atoms with Gasteiger partial charge in [0.1, 0.15) is 11.4 Å². The Kier molecular flexibility index (Phi) is 10.1. The molecule has 3 aromatic rings. The summed E-state index contributed by atoms with van der Waals surface area (Å²) in [6.45, 7) is 8.55. The van der Waals surface area contributed by atoms with E-state index in [0.29, 0.717) is 40.4 Å². The van der Waals surface area contributed by atoms with Crippen molar-refractivity contribution in [1.82, 2.24) is 0 Å². The molecule has 12 nitrogen and oxygen atoms in total. The number of ether oxygens (including phenoxy) is 1. The normalized spacial score (nSPS) is 11.8. The maximum Gasteiger partial charge on any atom is 0.303 e. The van der Waals surface area contributed by atoms with Crippen LogP contribution in [0.25, 0.3) is 0 Å². The van der Waals surface area contributed by atoms with Gasteiger partial charge in [0.05, 0.1) is 41.0 Å². The second-order valence-corrected chi connectivity index (χ2v) is 9.92. The number of rotatable bonds is 12. The first kappa shape index (κ1) is 30.0. The van der Waals surface area contributed by atoms with Crippen molar-refractivity contribution < 1.29 is 19.7 Å². The van der Waals surface area contributed by atoms with Crippen LogP contribution in [0.2, 0.25) is 0 Å². The van der Waals surface area contributed by atoms with Gasteiger partial charge >= 0.3 is 5.69 Å². The lowest BCUT2D eigenvalue weighted by atomic mass is 9.81. The van der Waals surface area contributed by atoms with Crippen LogP contribution in [0.3, 0.4) is 0 Å². The summed E-state index contributed by atoms with van der Waals surface area (Å²) in [5.74, 6) is 2.04. The van der Waals surface area contributed by atoms with Gasteiger partial charge in [-0.3, -0.25) is 20.2 Å². The van der Waals surface area contributed by atoms with Crippen molar-refractivity contribution in [2.75, 3.05) is 7.11 Å². The van der Waals surface area contributed by atoms with Gasteiger partial charge in [-0.05, 0) is 54.0 Å². The molecule has 0 heterocycles. The van der Waals surface area contributed by atoms with Crippen LogP contribution in [0.4, 0.5) is 34.1 Å². The van der Waals surface area contributed by atoms with Gasteiger partial charge in [-0.1, -0.05) is 39.8 Å².